The van der Waals surface area contributed by atoms with Crippen LogP contribution in [0.2, 0.25) is 10.0 Å². The van der Waals surface area contributed by atoms with Crippen molar-refractivity contribution >= 4 is 35.0 Å². The quantitative estimate of drug-likeness (QED) is 0.839. The Kier molecular flexibility index (Phi) is 6.38. The first-order chi connectivity index (χ1) is 11.1. The first kappa shape index (κ1) is 17.2. The molecular weight excluding hydrogens is 337 g/mol. The summed E-state index contributed by atoms with van der Waals surface area (Å²) < 4.78 is 0. The molecular formula is C16H15Cl2N3O2. The van der Waals surface area contributed by atoms with Crippen LogP contribution in [0.1, 0.15) is 16.1 Å². The monoisotopic (exact) mass is 351 g/mol. The Morgan fingerprint density at radius 1 is 1.09 bits per heavy atom. The van der Waals surface area contributed by atoms with Gasteiger partial charge in [-0.15, -0.1) is 0 Å². The molecule has 0 aliphatic heterocycles. The second-order valence-electron chi connectivity index (χ2n) is 4.73. The lowest BCUT2D eigenvalue weighted by Crippen LogP contribution is -2.37. The Hall–Kier alpha value is -2.11. The van der Waals surface area contributed by atoms with E-state index in [9.17, 15) is 9.59 Å². The van der Waals surface area contributed by atoms with E-state index in [0.29, 0.717) is 18.0 Å². The van der Waals surface area contributed by atoms with Crippen LogP contribution >= 0.6 is 23.2 Å². The number of carbonyl (C=O) groups is 2. The molecule has 0 radical (unpaired) electrons. The predicted octanol–water partition coefficient (Wildman–Crippen LogP) is 2.48. The van der Waals surface area contributed by atoms with E-state index in [1.54, 1.807) is 12.3 Å². The SMILES string of the molecule is O=C(CNC(=O)c1ccc(Cl)cc1Cl)NCCc1ccccn1. The van der Waals surface area contributed by atoms with Crippen LogP contribution in [0.5, 0.6) is 0 Å². The van der Waals surface area contributed by atoms with Gasteiger partial charge in [-0.05, 0) is 30.3 Å². The molecule has 2 aromatic rings. The van der Waals surface area contributed by atoms with Crippen molar-refractivity contribution in [3.63, 3.8) is 0 Å². The molecule has 0 fully saturated rings. The molecule has 0 saturated carbocycles. The second kappa shape index (κ2) is 8.50. The fraction of sp³-hybridized carbons (Fsp3) is 0.188. The third kappa shape index (κ3) is 5.54. The normalized spacial score (nSPS) is 10.2. The van der Waals surface area contributed by atoms with Crippen LogP contribution in [0.25, 0.3) is 0 Å². The van der Waals surface area contributed by atoms with E-state index in [4.69, 9.17) is 23.2 Å². The Morgan fingerprint density at radius 3 is 2.61 bits per heavy atom. The fourth-order valence-electron chi connectivity index (χ4n) is 1.87. The van der Waals surface area contributed by atoms with Gasteiger partial charge in [0.1, 0.15) is 0 Å². The predicted molar refractivity (Wildman–Crippen MR) is 89.7 cm³/mol. The van der Waals surface area contributed by atoms with Crippen LogP contribution in [0.15, 0.2) is 42.6 Å². The van der Waals surface area contributed by atoms with Crippen LogP contribution in [-0.4, -0.2) is 29.9 Å². The topological polar surface area (TPSA) is 71.1 Å². The lowest BCUT2D eigenvalue weighted by molar-refractivity contribution is -0.120. The molecule has 23 heavy (non-hydrogen) atoms. The number of halogens is 2. The average Bonchev–Trinajstić information content (AvgIpc) is 2.53. The van der Waals surface area contributed by atoms with Gasteiger partial charge < -0.3 is 10.6 Å². The van der Waals surface area contributed by atoms with Crippen LogP contribution in [0.4, 0.5) is 0 Å². The summed E-state index contributed by atoms with van der Waals surface area (Å²) in [5.74, 6) is -0.703. The minimum Gasteiger partial charge on any atom is -0.354 e. The molecule has 0 atom stereocenters. The van der Waals surface area contributed by atoms with Crippen LogP contribution in [0, 0.1) is 0 Å². The van der Waals surface area contributed by atoms with Crippen molar-refractivity contribution in [1.82, 2.24) is 15.6 Å². The minimum atomic E-state index is -0.424. The molecule has 0 saturated heterocycles. The first-order valence-electron chi connectivity index (χ1n) is 6.96. The van der Waals surface area contributed by atoms with Gasteiger partial charge in [-0.1, -0.05) is 29.3 Å². The highest BCUT2D eigenvalue weighted by Crippen LogP contribution is 2.20. The lowest BCUT2D eigenvalue weighted by Gasteiger charge is -2.08. The van der Waals surface area contributed by atoms with E-state index < -0.39 is 5.91 Å². The second-order valence-corrected chi connectivity index (χ2v) is 5.57. The smallest absolute Gasteiger partial charge is 0.253 e. The molecule has 5 nitrogen and oxygen atoms in total. The molecule has 2 rings (SSSR count). The maximum Gasteiger partial charge on any atom is 0.253 e. The summed E-state index contributed by atoms with van der Waals surface area (Å²) in [6, 6.07) is 10.2. The zero-order valence-electron chi connectivity index (χ0n) is 12.2. The molecule has 0 bridgehead atoms. The van der Waals surface area contributed by atoms with Crippen molar-refractivity contribution in [2.24, 2.45) is 0 Å². The molecule has 1 aromatic carbocycles. The van der Waals surface area contributed by atoms with E-state index in [1.165, 1.54) is 12.1 Å². The minimum absolute atomic E-state index is 0.125. The highest BCUT2D eigenvalue weighted by molar-refractivity contribution is 6.36. The number of nitrogens with one attached hydrogen (secondary N) is 2. The van der Waals surface area contributed by atoms with E-state index in [1.807, 2.05) is 18.2 Å². The molecule has 0 aliphatic rings. The lowest BCUT2D eigenvalue weighted by atomic mass is 10.2. The van der Waals surface area contributed by atoms with Gasteiger partial charge in [0.15, 0.2) is 0 Å². The summed E-state index contributed by atoms with van der Waals surface area (Å²) in [7, 11) is 0. The highest BCUT2D eigenvalue weighted by atomic mass is 35.5. The molecule has 0 unspecified atom stereocenters. The highest BCUT2D eigenvalue weighted by Gasteiger charge is 2.11. The van der Waals surface area contributed by atoms with Gasteiger partial charge in [0.25, 0.3) is 5.91 Å². The van der Waals surface area contributed by atoms with E-state index in [2.05, 4.69) is 15.6 Å². The van der Waals surface area contributed by atoms with Crippen LogP contribution in [-0.2, 0) is 11.2 Å². The zero-order valence-corrected chi connectivity index (χ0v) is 13.7. The molecule has 0 aliphatic carbocycles. The number of hydrogen-bond donors (Lipinski definition) is 2. The molecule has 120 valence electrons. The molecule has 1 aromatic heterocycles. The number of nitrogens with zero attached hydrogens (tertiary/aromatic N) is 1. The average molecular weight is 352 g/mol. The standard InChI is InChI=1S/C16H15Cl2N3O2/c17-11-4-5-13(14(18)9-11)16(23)21-10-15(22)20-8-6-12-3-1-2-7-19-12/h1-5,7,9H,6,8,10H2,(H,20,22)(H,21,23). The third-order valence-corrected chi connectivity index (χ3v) is 3.56. The summed E-state index contributed by atoms with van der Waals surface area (Å²) in [5, 5.41) is 5.91. The summed E-state index contributed by atoms with van der Waals surface area (Å²) >= 11 is 11.7. The van der Waals surface area contributed by atoms with Gasteiger partial charge in [-0.25, -0.2) is 0 Å². The number of amides is 2. The number of benzene rings is 1. The van der Waals surface area contributed by atoms with Crippen molar-refractivity contribution in [2.45, 2.75) is 6.42 Å². The van der Waals surface area contributed by atoms with Gasteiger partial charge in [-0.3, -0.25) is 14.6 Å². The number of rotatable bonds is 6. The van der Waals surface area contributed by atoms with Gasteiger partial charge >= 0.3 is 0 Å². The van der Waals surface area contributed by atoms with E-state index >= 15 is 0 Å². The van der Waals surface area contributed by atoms with Crippen molar-refractivity contribution in [3.05, 3.63) is 63.9 Å². The molecule has 7 heteroatoms. The van der Waals surface area contributed by atoms with Crippen molar-refractivity contribution < 1.29 is 9.59 Å². The number of carbonyl (C=O) groups excluding carboxylic acids is 2. The Labute approximate surface area is 144 Å². The Bertz CT molecular complexity index is 693. The van der Waals surface area contributed by atoms with Crippen molar-refractivity contribution in [3.8, 4) is 0 Å². The first-order valence-corrected chi connectivity index (χ1v) is 7.71. The van der Waals surface area contributed by atoms with Gasteiger partial charge in [0.05, 0.1) is 17.1 Å². The summed E-state index contributed by atoms with van der Waals surface area (Å²) in [6.45, 7) is 0.327. The van der Waals surface area contributed by atoms with Gasteiger partial charge in [-0.2, -0.15) is 0 Å². The van der Waals surface area contributed by atoms with Crippen molar-refractivity contribution in [2.75, 3.05) is 13.1 Å². The molecule has 0 spiro atoms. The third-order valence-electron chi connectivity index (χ3n) is 3.01. The van der Waals surface area contributed by atoms with Gasteiger partial charge in [0, 0.05) is 29.9 Å². The van der Waals surface area contributed by atoms with Crippen LogP contribution < -0.4 is 10.6 Å². The van der Waals surface area contributed by atoms with E-state index in [-0.39, 0.29) is 23.0 Å². The van der Waals surface area contributed by atoms with Gasteiger partial charge in [0.2, 0.25) is 5.91 Å². The van der Waals surface area contributed by atoms with E-state index in [0.717, 1.165) is 5.69 Å². The summed E-state index contributed by atoms with van der Waals surface area (Å²) in [6.07, 6.45) is 2.33. The fourth-order valence-corrected chi connectivity index (χ4v) is 2.36. The summed E-state index contributed by atoms with van der Waals surface area (Å²) in [4.78, 5) is 27.8. The molecule has 2 amide bonds. The molecule has 2 N–H and O–H groups in total. The zero-order chi connectivity index (χ0) is 16.7. The Balaban J connectivity index is 1.74. The summed E-state index contributed by atoms with van der Waals surface area (Å²) in [5.41, 5.74) is 1.17. The maximum atomic E-state index is 11.9. The largest absolute Gasteiger partial charge is 0.354 e. The number of aromatic nitrogens is 1. The Morgan fingerprint density at radius 2 is 1.91 bits per heavy atom. The van der Waals surface area contributed by atoms with Crippen molar-refractivity contribution in [1.29, 1.82) is 0 Å². The number of pyridine rings is 1. The number of hydrogen-bond acceptors (Lipinski definition) is 3. The molecule has 1 heterocycles. The van der Waals surface area contributed by atoms with Crippen LogP contribution in [0.3, 0.4) is 0 Å². The maximum absolute atomic E-state index is 11.9.